The summed E-state index contributed by atoms with van der Waals surface area (Å²) in [6.07, 6.45) is 7.83. The van der Waals surface area contributed by atoms with Crippen molar-refractivity contribution >= 4 is 17.5 Å². The van der Waals surface area contributed by atoms with Crippen molar-refractivity contribution < 1.29 is 20.4 Å². The molecular weight excluding hydrogens is 268 g/mol. The molecule has 0 saturated carbocycles. The summed E-state index contributed by atoms with van der Waals surface area (Å²) in [7, 11) is -0.451. The van der Waals surface area contributed by atoms with Gasteiger partial charge >= 0.3 is 122 Å². The normalized spacial score (nSPS) is 17.2. The van der Waals surface area contributed by atoms with Gasteiger partial charge in [-0.2, -0.15) is 0 Å². The average molecular weight is 283 g/mol. The zero-order valence-corrected chi connectivity index (χ0v) is 13.3. The van der Waals surface area contributed by atoms with Gasteiger partial charge < -0.3 is 0 Å². The van der Waals surface area contributed by atoms with Crippen LogP contribution in [0.5, 0.6) is 0 Å². The first-order chi connectivity index (χ1) is 8.70. The number of hydrogen-bond acceptors (Lipinski definition) is 0. The molecule has 0 nitrogen and oxygen atoms in total. The van der Waals surface area contributed by atoms with E-state index >= 15 is 0 Å². The Morgan fingerprint density at radius 1 is 1.11 bits per heavy atom. The molecule has 87 valence electrons. The van der Waals surface area contributed by atoms with E-state index in [1.165, 1.54) is 20.6 Å². The van der Waals surface area contributed by atoms with Gasteiger partial charge in [0.15, 0.2) is 0 Å². The van der Waals surface area contributed by atoms with E-state index in [4.69, 9.17) is 0 Å². The van der Waals surface area contributed by atoms with Gasteiger partial charge in [-0.05, 0) is 0 Å². The van der Waals surface area contributed by atoms with Crippen LogP contribution in [0.2, 0.25) is 13.1 Å². The van der Waals surface area contributed by atoms with Crippen molar-refractivity contribution in [2.45, 2.75) is 19.5 Å². The van der Waals surface area contributed by atoms with Crippen LogP contribution in [0, 0.1) is 0 Å². The fourth-order valence-electron chi connectivity index (χ4n) is 2.79. The minimum absolute atomic E-state index is 0.451. The summed E-state index contributed by atoms with van der Waals surface area (Å²) in [5, 5.41) is 1.63. The van der Waals surface area contributed by atoms with Crippen LogP contribution in [0.3, 0.4) is 0 Å². The van der Waals surface area contributed by atoms with Gasteiger partial charge in [0, 0.05) is 0 Å². The minimum atomic E-state index is -0.451. The average Bonchev–Trinajstić information content (AvgIpc) is 2.96. The molecule has 2 heteroatoms. The zero-order chi connectivity index (χ0) is 12.7. The summed E-state index contributed by atoms with van der Waals surface area (Å²) in [5.41, 5.74) is 5.98. The molecule has 1 aromatic rings. The Kier molecular flexibility index (Phi) is 3.23. The monoisotopic (exact) mass is 283 g/mol. The Hall–Kier alpha value is -0.759. The molecule has 2 aliphatic carbocycles. The van der Waals surface area contributed by atoms with Gasteiger partial charge in [-0.25, -0.2) is 0 Å². The van der Waals surface area contributed by atoms with Gasteiger partial charge in [0.1, 0.15) is 0 Å². The maximum absolute atomic E-state index is 2.40. The van der Waals surface area contributed by atoms with Crippen molar-refractivity contribution in [3.63, 3.8) is 0 Å². The van der Waals surface area contributed by atoms with Gasteiger partial charge in [-0.3, -0.25) is 0 Å². The number of hydrogen-bond donors (Lipinski definition) is 0. The molecule has 0 heterocycles. The van der Waals surface area contributed by atoms with Crippen molar-refractivity contribution in [3.05, 3.63) is 64.8 Å². The predicted molar refractivity (Wildman–Crippen MR) is 76.8 cm³/mol. The van der Waals surface area contributed by atoms with Crippen LogP contribution in [0.4, 0.5) is 0 Å². The fraction of sp³-hybridized carbons (Fsp3) is 0.188. The maximum atomic E-state index is 2.40. The molecule has 0 N–H and O–H groups in total. The molecule has 3 rings (SSSR count). The van der Waals surface area contributed by atoms with Gasteiger partial charge in [-0.15, -0.1) is 0 Å². The van der Waals surface area contributed by atoms with Crippen LogP contribution >= 0.6 is 0 Å². The number of benzene rings is 1. The van der Waals surface area contributed by atoms with E-state index in [1.54, 1.807) is 10.7 Å². The molecule has 0 aliphatic heterocycles. The molecule has 1 aromatic carbocycles. The molecule has 0 radical (unpaired) electrons. The van der Waals surface area contributed by atoms with E-state index in [-0.39, 0.29) is 0 Å². The van der Waals surface area contributed by atoms with E-state index in [0.29, 0.717) is 0 Å². The fourth-order valence-corrected chi connectivity index (χ4v) is 5.31. The Balaban J connectivity index is 2.26. The molecule has 0 saturated heterocycles. The standard InChI is InChI=1S/C16H15Si.Ti/c1-17(2)16-14-10-6-5-9-13(14)11-15(16)12-7-3-4-8-12;/h3-7,9-10H,8H2,1-2H3;. The zero-order valence-electron chi connectivity index (χ0n) is 10.7. The van der Waals surface area contributed by atoms with Crippen LogP contribution in [0.1, 0.15) is 17.5 Å². The van der Waals surface area contributed by atoms with Crippen molar-refractivity contribution in [3.8, 4) is 0 Å². The summed E-state index contributed by atoms with van der Waals surface area (Å²) in [5.74, 6) is 0. The van der Waals surface area contributed by atoms with Gasteiger partial charge in [0.25, 0.3) is 0 Å². The topological polar surface area (TPSA) is 0 Å². The summed E-state index contributed by atoms with van der Waals surface area (Å²) >= 11 is 2.28. The molecule has 0 fully saturated rings. The first-order valence-corrected chi connectivity index (χ1v) is 9.58. The Morgan fingerprint density at radius 2 is 1.83 bits per heavy atom. The van der Waals surface area contributed by atoms with Crippen molar-refractivity contribution in [1.82, 2.24) is 0 Å². The van der Waals surface area contributed by atoms with E-state index in [1.807, 2.05) is 0 Å². The molecule has 0 bridgehead atoms. The van der Waals surface area contributed by atoms with Crippen molar-refractivity contribution in [1.29, 1.82) is 0 Å². The van der Waals surface area contributed by atoms with E-state index in [2.05, 4.69) is 76.0 Å². The predicted octanol–water partition coefficient (Wildman–Crippen LogP) is 3.70. The molecule has 0 spiro atoms. The first kappa shape index (κ1) is 12.3. The Bertz CT molecular complexity index is 641. The van der Waals surface area contributed by atoms with Crippen LogP contribution < -0.4 is 0 Å². The summed E-state index contributed by atoms with van der Waals surface area (Å²) in [6, 6.07) is 8.89. The molecule has 2 aliphatic rings. The third-order valence-corrected chi connectivity index (χ3v) is 5.89. The third-order valence-electron chi connectivity index (χ3n) is 3.56. The van der Waals surface area contributed by atoms with Crippen LogP contribution in [-0.2, 0) is 20.4 Å². The van der Waals surface area contributed by atoms with E-state index in [9.17, 15) is 0 Å². The van der Waals surface area contributed by atoms with Crippen LogP contribution in [-0.4, -0.2) is 13.6 Å². The number of fused-ring (bicyclic) bond motifs is 1. The SMILES string of the molecule is C[Si](C)=C1C(C2=CC=CC2)=[C]([Ti])c2ccccc21. The molecule has 0 atom stereocenters. The van der Waals surface area contributed by atoms with E-state index in [0.717, 1.165) is 6.42 Å². The molecule has 18 heavy (non-hydrogen) atoms. The second-order valence-electron chi connectivity index (χ2n) is 4.99. The van der Waals surface area contributed by atoms with Crippen LogP contribution in [0.15, 0.2) is 53.6 Å². The molecular formula is C16H15SiTi. The number of allylic oxidation sites excluding steroid dienone is 5. The quantitative estimate of drug-likeness (QED) is 0.689. The van der Waals surface area contributed by atoms with Gasteiger partial charge in [0.05, 0.1) is 0 Å². The second-order valence-corrected chi connectivity index (χ2v) is 8.28. The van der Waals surface area contributed by atoms with Gasteiger partial charge in [0.2, 0.25) is 0 Å². The number of rotatable bonds is 1. The summed E-state index contributed by atoms with van der Waals surface area (Å²) in [6.45, 7) is 4.80. The van der Waals surface area contributed by atoms with Crippen LogP contribution in [0.25, 0.3) is 3.88 Å². The molecule has 0 aromatic heterocycles. The Morgan fingerprint density at radius 3 is 2.44 bits per heavy atom. The second kappa shape index (κ2) is 4.73. The molecule has 0 unspecified atom stereocenters. The van der Waals surface area contributed by atoms with Gasteiger partial charge in [-0.1, -0.05) is 0 Å². The Labute approximate surface area is 122 Å². The first-order valence-electron chi connectivity index (χ1n) is 6.29. The van der Waals surface area contributed by atoms with Crippen molar-refractivity contribution in [2.75, 3.05) is 0 Å². The van der Waals surface area contributed by atoms with Crippen molar-refractivity contribution in [2.24, 2.45) is 0 Å². The summed E-state index contributed by atoms with van der Waals surface area (Å²) < 4.78 is 1.47. The summed E-state index contributed by atoms with van der Waals surface area (Å²) in [4.78, 5) is 0. The molecule has 0 amide bonds. The van der Waals surface area contributed by atoms with E-state index < -0.39 is 8.41 Å². The third kappa shape index (κ3) is 1.82.